The van der Waals surface area contributed by atoms with Crippen LogP contribution in [0.25, 0.3) is 0 Å². The summed E-state index contributed by atoms with van der Waals surface area (Å²) in [4.78, 5) is 0. The number of rotatable bonds is 1. The predicted molar refractivity (Wildman–Crippen MR) is 51.1 cm³/mol. The SMILES string of the molecule is Cc1c(C#CCO)cccc1CO. The average Bonchev–Trinajstić information content (AvgIpc) is 2.16. The third-order valence-electron chi connectivity index (χ3n) is 1.92. The van der Waals surface area contributed by atoms with Crippen molar-refractivity contribution < 1.29 is 10.2 Å². The van der Waals surface area contributed by atoms with Gasteiger partial charge in [0.05, 0.1) is 6.61 Å². The third kappa shape index (κ3) is 2.32. The summed E-state index contributed by atoms with van der Waals surface area (Å²) >= 11 is 0. The second kappa shape index (κ2) is 4.66. The van der Waals surface area contributed by atoms with Crippen molar-refractivity contribution in [2.75, 3.05) is 6.61 Å². The van der Waals surface area contributed by atoms with Crippen LogP contribution in [0.4, 0.5) is 0 Å². The molecule has 0 saturated heterocycles. The van der Waals surface area contributed by atoms with Gasteiger partial charge in [-0.3, -0.25) is 0 Å². The molecule has 13 heavy (non-hydrogen) atoms. The topological polar surface area (TPSA) is 40.5 Å². The summed E-state index contributed by atoms with van der Waals surface area (Å²) in [5.41, 5.74) is 2.72. The van der Waals surface area contributed by atoms with Gasteiger partial charge in [-0.05, 0) is 24.1 Å². The largest absolute Gasteiger partial charge is 0.392 e. The zero-order valence-corrected chi connectivity index (χ0v) is 7.54. The first kappa shape index (κ1) is 9.79. The molecule has 0 radical (unpaired) electrons. The highest BCUT2D eigenvalue weighted by atomic mass is 16.3. The Hall–Kier alpha value is -1.30. The Morgan fingerprint density at radius 3 is 2.69 bits per heavy atom. The van der Waals surface area contributed by atoms with Crippen molar-refractivity contribution in [3.63, 3.8) is 0 Å². The van der Waals surface area contributed by atoms with E-state index < -0.39 is 0 Å². The fourth-order valence-corrected chi connectivity index (χ4v) is 1.12. The maximum atomic E-state index is 8.97. The average molecular weight is 176 g/mol. The Labute approximate surface area is 77.8 Å². The summed E-state index contributed by atoms with van der Waals surface area (Å²) in [5.74, 6) is 5.41. The number of benzene rings is 1. The Kier molecular flexibility index (Phi) is 3.51. The molecule has 2 N–H and O–H groups in total. The van der Waals surface area contributed by atoms with Gasteiger partial charge in [0.1, 0.15) is 6.61 Å². The lowest BCUT2D eigenvalue weighted by Crippen LogP contribution is -1.91. The van der Waals surface area contributed by atoms with Crippen molar-refractivity contribution in [1.29, 1.82) is 0 Å². The molecule has 0 spiro atoms. The zero-order valence-electron chi connectivity index (χ0n) is 7.54. The molecule has 0 aliphatic rings. The Morgan fingerprint density at radius 2 is 2.08 bits per heavy atom. The second-order valence-corrected chi connectivity index (χ2v) is 2.71. The highest BCUT2D eigenvalue weighted by Gasteiger charge is 1.99. The Bertz CT molecular complexity index is 345. The van der Waals surface area contributed by atoms with E-state index in [0.29, 0.717) is 0 Å². The quantitative estimate of drug-likeness (QED) is 0.622. The molecule has 0 bridgehead atoms. The Morgan fingerprint density at radius 1 is 1.31 bits per heavy atom. The molecule has 0 fully saturated rings. The fourth-order valence-electron chi connectivity index (χ4n) is 1.12. The lowest BCUT2D eigenvalue weighted by atomic mass is 10.0. The summed E-state index contributed by atoms with van der Waals surface area (Å²) in [7, 11) is 0. The van der Waals surface area contributed by atoms with E-state index >= 15 is 0 Å². The molecule has 1 rings (SSSR count). The predicted octanol–water partition coefficient (Wildman–Crippen LogP) is 0.831. The minimum absolute atomic E-state index is 0.0283. The molecule has 0 atom stereocenters. The highest BCUT2D eigenvalue weighted by Crippen LogP contribution is 2.12. The fraction of sp³-hybridized carbons (Fsp3) is 0.273. The van der Waals surface area contributed by atoms with E-state index in [-0.39, 0.29) is 13.2 Å². The highest BCUT2D eigenvalue weighted by molar-refractivity contribution is 5.44. The van der Waals surface area contributed by atoms with Crippen LogP contribution in [0.15, 0.2) is 18.2 Å². The van der Waals surface area contributed by atoms with Gasteiger partial charge in [0.2, 0.25) is 0 Å². The standard InChI is InChI=1S/C11H12O2/c1-9-10(6-3-7-12)4-2-5-11(9)8-13/h2,4-5,12-13H,7-8H2,1H3. The normalized spacial score (nSPS) is 9.15. The van der Waals surface area contributed by atoms with Crippen LogP contribution >= 0.6 is 0 Å². The van der Waals surface area contributed by atoms with E-state index in [9.17, 15) is 0 Å². The van der Waals surface area contributed by atoms with Crippen molar-refractivity contribution in [1.82, 2.24) is 0 Å². The van der Waals surface area contributed by atoms with Gasteiger partial charge in [-0.2, -0.15) is 0 Å². The zero-order chi connectivity index (χ0) is 9.68. The number of hydrogen-bond acceptors (Lipinski definition) is 2. The van der Waals surface area contributed by atoms with Crippen LogP contribution in [0.3, 0.4) is 0 Å². The summed E-state index contributed by atoms with van der Waals surface area (Å²) in [6.07, 6.45) is 0. The van der Waals surface area contributed by atoms with Gasteiger partial charge in [-0.25, -0.2) is 0 Å². The number of aliphatic hydroxyl groups is 2. The molecule has 1 aromatic rings. The molecule has 0 amide bonds. The molecule has 2 heteroatoms. The maximum absolute atomic E-state index is 8.97. The van der Waals surface area contributed by atoms with Crippen molar-refractivity contribution in [3.05, 3.63) is 34.9 Å². The maximum Gasteiger partial charge on any atom is 0.104 e. The van der Waals surface area contributed by atoms with E-state index in [1.54, 1.807) is 0 Å². The van der Waals surface area contributed by atoms with E-state index in [4.69, 9.17) is 10.2 Å². The van der Waals surface area contributed by atoms with Gasteiger partial charge in [-0.1, -0.05) is 24.0 Å². The van der Waals surface area contributed by atoms with Crippen molar-refractivity contribution >= 4 is 0 Å². The smallest absolute Gasteiger partial charge is 0.104 e. The van der Waals surface area contributed by atoms with E-state index in [0.717, 1.165) is 16.7 Å². The molecular formula is C11H12O2. The van der Waals surface area contributed by atoms with Gasteiger partial charge in [0.15, 0.2) is 0 Å². The lowest BCUT2D eigenvalue weighted by molar-refractivity contribution is 0.281. The van der Waals surface area contributed by atoms with Crippen LogP contribution in [0.1, 0.15) is 16.7 Å². The molecule has 0 aliphatic heterocycles. The van der Waals surface area contributed by atoms with Crippen LogP contribution in [0.5, 0.6) is 0 Å². The minimum atomic E-state index is -0.136. The van der Waals surface area contributed by atoms with Crippen LogP contribution in [0, 0.1) is 18.8 Å². The Balaban J connectivity index is 3.08. The molecule has 0 aliphatic carbocycles. The van der Waals surface area contributed by atoms with E-state index in [1.165, 1.54) is 0 Å². The van der Waals surface area contributed by atoms with Gasteiger partial charge in [0.25, 0.3) is 0 Å². The molecule has 0 heterocycles. The first-order valence-electron chi connectivity index (χ1n) is 4.08. The van der Waals surface area contributed by atoms with Crippen LogP contribution < -0.4 is 0 Å². The molecule has 0 unspecified atom stereocenters. The van der Waals surface area contributed by atoms with Gasteiger partial charge in [-0.15, -0.1) is 0 Å². The molecule has 0 aromatic heterocycles. The molecule has 2 nitrogen and oxygen atoms in total. The van der Waals surface area contributed by atoms with E-state index in [1.807, 2.05) is 25.1 Å². The third-order valence-corrected chi connectivity index (χ3v) is 1.92. The first-order chi connectivity index (χ1) is 6.29. The molecule has 1 aromatic carbocycles. The molecular weight excluding hydrogens is 164 g/mol. The van der Waals surface area contributed by atoms with Gasteiger partial charge in [0, 0.05) is 5.56 Å². The number of aliphatic hydroxyl groups excluding tert-OH is 2. The first-order valence-corrected chi connectivity index (χ1v) is 4.08. The van der Waals surface area contributed by atoms with Crippen molar-refractivity contribution in [3.8, 4) is 11.8 Å². The van der Waals surface area contributed by atoms with Crippen LogP contribution in [-0.4, -0.2) is 16.8 Å². The number of hydrogen-bond donors (Lipinski definition) is 2. The molecule has 68 valence electrons. The summed E-state index contributed by atoms with van der Waals surface area (Å²) in [6, 6.07) is 5.58. The second-order valence-electron chi connectivity index (χ2n) is 2.71. The van der Waals surface area contributed by atoms with Crippen LogP contribution in [-0.2, 0) is 6.61 Å². The van der Waals surface area contributed by atoms with Crippen LogP contribution in [0.2, 0.25) is 0 Å². The van der Waals surface area contributed by atoms with E-state index in [2.05, 4.69) is 11.8 Å². The van der Waals surface area contributed by atoms with Gasteiger partial charge < -0.3 is 10.2 Å². The minimum Gasteiger partial charge on any atom is -0.392 e. The summed E-state index contributed by atoms with van der Waals surface area (Å²) in [5, 5.41) is 17.5. The van der Waals surface area contributed by atoms with Crippen molar-refractivity contribution in [2.45, 2.75) is 13.5 Å². The lowest BCUT2D eigenvalue weighted by Gasteiger charge is -2.03. The monoisotopic (exact) mass is 176 g/mol. The summed E-state index contributed by atoms with van der Waals surface area (Å²) < 4.78 is 0. The van der Waals surface area contributed by atoms with Crippen molar-refractivity contribution in [2.24, 2.45) is 0 Å². The molecule has 0 saturated carbocycles. The van der Waals surface area contributed by atoms with Gasteiger partial charge >= 0.3 is 0 Å². The summed E-state index contributed by atoms with van der Waals surface area (Å²) in [6.45, 7) is 1.80.